The number of aliphatic carboxylic acids is 1. The third kappa shape index (κ3) is 8.58. The lowest BCUT2D eigenvalue weighted by Gasteiger charge is -2.38. The minimum Gasteiger partial charge on any atom is -0.481 e. The second-order valence-electron chi connectivity index (χ2n) is 10.4. The maximum atomic E-state index is 12.1. The number of amides is 1. The van der Waals surface area contributed by atoms with Crippen molar-refractivity contribution in [3.63, 3.8) is 0 Å². The molecule has 9 nitrogen and oxygen atoms in total. The van der Waals surface area contributed by atoms with Crippen LogP contribution < -0.4 is 5.32 Å². The molecule has 2 fully saturated rings. The molecule has 0 aromatic heterocycles. The third-order valence-corrected chi connectivity index (χ3v) is 7.55. The number of carboxylic acid groups (broad SMARTS) is 1. The largest absolute Gasteiger partial charge is 0.481 e. The van der Waals surface area contributed by atoms with Crippen LogP contribution in [0, 0.1) is 0 Å². The molecule has 0 bridgehead atoms. The number of carbonyl (C=O) groups is 2. The van der Waals surface area contributed by atoms with Crippen LogP contribution >= 0.6 is 0 Å². The number of carbonyl (C=O) groups excluding carboxylic acids is 1. The standard InChI is InChI=1S/C30H40N2O7/c33-19-22-9-11-23(12-10-22)27-16-26(18-32-15-3-4-25(32)20-34)38-30(39-27)24-13-7-21(8-14-24)17-31-28(35)5-1-2-6-29(36)37/h7-14,25-27,30,33-34H,1-6,15-20H2,(H,31,35)(H,36,37)/t25-,26-,27+,30+/m0/s1. The van der Waals surface area contributed by atoms with Crippen molar-refractivity contribution in [2.75, 3.05) is 19.7 Å². The predicted molar refractivity (Wildman–Crippen MR) is 144 cm³/mol. The van der Waals surface area contributed by atoms with Crippen LogP contribution in [0.4, 0.5) is 0 Å². The molecule has 4 rings (SSSR count). The van der Waals surface area contributed by atoms with Gasteiger partial charge in [-0.05, 0) is 48.9 Å². The van der Waals surface area contributed by atoms with E-state index in [-0.39, 0.29) is 43.8 Å². The molecule has 2 aromatic carbocycles. The van der Waals surface area contributed by atoms with Gasteiger partial charge in [-0.25, -0.2) is 0 Å². The highest BCUT2D eigenvalue weighted by Gasteiger charge is 2.35. The van der Waals surface area contributed by atoms with E-state index in [0.29, 0.717) is 32.2 Å². The predicted octanol–water partition coefficient (Wildman–Crippen LogP) is 3.44. The number of likely N-dealkylation sites (tertiary alicyclic amines) is 1. The molecule has 39 heavy (non-hydrogen) atoms. The number of hydrogen-bond acceptors (Lipinski definition) is 7. The molecular formula is C30H40N2O7. The minimum atomic E-state index is -0.843. The Kier molecular flexibility index (Phi) is 10.9. The summed E-state index contributed by atoms with van der Waals surface area (Å²) < 4.78 is 12.9. The first-order valence-corrected chi connectivity index (χ1v) is 13.9. The average molecular weight is 541 g/mol. The summed E-state index contributed by atoms with van der Waals surface area (Å²) in [5.74, 6) is -0.937. The number of benzene rings is 2. The molecular weight excluding hydrogens is 500 g/mol. The number of rotatable bonds is 13. The van der Waals surface area contributed by atoms with Crippen molar-refractivity contribution in [3.05, 3.63) is 70.8 Å². The summed E-state index contributed by atoms with van der Waals surface area (Å²) in [6.45, 7) is 2.22. The summed E-state index contributed by atoms with van der Waals surface area (Å²) in [5.41, 5.74) is 3.72. The smallest absolute Gasteiger partial charge is 0.303 e. The number of ether oxygens (including phenoxy) is 2. The lowest BCUT2D eigenvalue weighted by Crippen LogP contribution is -2.42. The zero-order chi connectivity index (χ0) is 27.6. The van der Waals surface area contributed by atoms with Crippen molar-refractivity contribution in [2.45, 2.75) is 82.6 Å². The van der Waals surface area contributed by atoms with E-state index in [0.717, 1.165) is 48.2 Å². The molecule has 212 valence electrons. The highest BCUT2D eigenvalue weighted by Crippen LogP contribution is 2.38. The molecule has 4 N–H and O–H groups in total. The summed E-state index contributed by atoms with van der Waals surface area (Å²) in [6.07, 6.45) is 3.40. The highest BCUT2D eigenvalue weighted by atomic mass is 16.7. The van der Waals surface area contributed by atoms with Crippen LogP contribution in [-0.4, -0.2) is 63.9 Å². The van der Waals surface area contributed by atoms with Crippen LogP contribution in [0.25, 0.3) is 0 Å². The zero-order valence-corrected chi connectivity index (χ0v) is 22.3. The Bertz CT molecular complexity index is 1060. The second-order valence-corrected chi connectivity index (χ2v) is 10.4. The number of aliphatic hydroxyl groups is 2. The molecule has 2 heterocycles. The van der Waals surface area contributed by atoms with Gasteiger partial charge in [0.15, 0.2) is 6.29 Å². The first-order valence-electron chi connectivity index (χ1n) is 13.9. The summed E-state index contributed by atoms with van der Waals surface area (Å²) in [6, 6.07) is 15.8. The average Bonchev–Trinajstić information content (AvgIpc) is 3.41. The Morgan fingerprint density at radius 1 is 0.923 bits per heavy atom. The van der Waals surface area contributed by atoms with Crippen LogP contribution in [0.1, 0.15) is 79.6 Å². The second kappa shape index (κ2) is 14.5. The minimum absolute atomic E-state index is 0.00476. The number of nitrogens with one attached hydrogen (secondary N) is 1. The molecule has 2 aromatic rings. The van der Waals surface area contributed by atoms with E-state index in [2.05, 4.69) is 10.2 Å². The summed E-state index contributed by atoms with van der Waals surface area (Å²) >= 11 is 0. The van der Waals surface area contributed by atoms with Crippen molar-refractivity contribution in [3.8, 4) is 0 Å². The van der Waals surface area contributed by atoms with Crippen LogP contribution in [-0.2, 0) is 32.2 Å². The maximum Gasteiger partial charge on any atom is 0.303 e. The third-order valence-electron chi connectivity index (χ3n) is 7.55. The van der Waals surface area contributed by atoms with Gasteiger partial charge >= 0.3 is 5.97 Å². The van der Waals surface area contributed by atoms with E-state index < -0.39 is 12.3 Å². The molecule has 9 heteroatoms. The fourth-order valence-corrected chi connectivity index (χ4v) is 5.28. The number of nitrogens with zero attached hydrogens (tertiary/aromatic N) is 1. The number of unbranched alkanes of at least 4 members (excludes halogenated alkanes) is 1. The summed E-state index contributed by atoms with van der Waals surface area (Å²) in [4.78, 5) is 25.0. The van der Waals surface area contributed by atoms with E-state index in [1.165, 1.54) is 0 Å². The van der Waals surface area contributed by atoms with Gasteiger partial charge in [-0.2, -0.15) is 0 Å². The van der Waals surface area contributed by atoms with Gasteiger partial charge in [-0.15, -0.1) is 0 Å². The number of hydrogen-bond donors (Lipinski definition) is 4. The van der Waals surface area contributed by atoms with Gasteiger partial charge in [0.05, 0.1) is 25.4 Å². The van der Waals surface area contributed by atoms with E-state index in [1.54, 1.807) is 0 Å². The molecule has 1 amide bonds. The van der Waals surface area contributed by atoms with Gasteiger partial charge < -0.3 is 30.1 Å². The van der Waals surface area contributed by atoms with E-state index in [1.807, 2.05) is 48.5 Å². The van der Waals surface area contributed by atoms with Gasteiger partial charge in [0.1, 0.15) is 0 Å². The Labute approximate surface area is 229 Å². The van der Waals surface area contributed by atoms with Crippen molar-refractivity contribution >= 4 is 11.9 Å². The van der Waals surface area contributed by atoms with Crippen LogP contribution in [0.3, 0.4) is 0 Å². The lowest BCUT2D eigenvalue weighted by atomic mass is 9.99. The van der Waals surface area contributed by atoms with Gasteiger partial charge in [-0.3, -0.25) is 14.5 Å². The highest BCUT2D eigenvalue weighted by molar-refractivity contribution is 5.75. The van der Waals surface area contributed by atoms with Crippen molar-refractivity contribution < 1.29 is 34.4 Å². The van der Waals surface area contributed by atoms with Gasteiger partial charge in [0.2, 0.25) is 5.91 Å². The van der Waals surface area contributed by atoms with Gasteiger partial charge in [0.25, 0.3) is 0 Å². The molecule has 2 aliphatic rings. The molecule has 0 saturated carbocycles. The fourth-order valence-electron chi connectivity index (χ4n) is 5.28. The number of carboxylic acids is 1. The number of aliphatic hydroxyl groups excluding tert-OH is 2. The Hall–Kier alpha value is -2.82. The first-order chi connectivity index (χ1) is 18.9. The SMILES string of the molecule is O=C(O)CCCCC(=O)NCc1ccc([C@@H]2O[C@H](CN3CCC[C@H]3CO)C[C@H](c3ccc(CO)cc3)O2)cc1. The Balaban J connectivity index is 1.38. The summed E-state index contributed by atoms with van der Waals surface area (Å²) in [5, 5.41) is 30.8. The van der Waals surface area contributed by atoms with E-state index >= 15 is 0 Å². The molecule has 0 radical (unpaired) electrons. The molecule has 2 aliphatic heterocycles. The normalized spacial score (nSPS) is 23.5. The van der Waals surface area contributed by atoms with Crippen molar-refractivity contribution in [2.24, 2.45) is 0 Å². The topological polar surface area (TPSA) is 129 Å². The molecule has 0 spiro atoms. The molecule has 4 atom stereocenters. The molecule has 2 saturated heterocycles. The monoisotopic (exact) mass is 540 g/mol. The van der Waals surface area contributed by atoms with Crippen LogP contribution in [0.2, 0.25) is 0 Å². The quantitative estimate of drug-likeness (QED) is 0.285. The Morgan fingerprint density at radius 2 is 1.62 bits per heavy atom. The lowest BCUT2D eigenvalue weighted by molar-refractivity contribution is -0.253. The van der Waals surface area contributed by atoms with Crippen molar-refractivity contribution in [1.29, 1.82) is 0 Å². The van der Waals surface area contributed by atoms with Crippen LogP contribution in [0.5, 0.6) is 0 Å². The van der Waals surface area contributed by atoms with Crippen molar-refractivity contribution in [1.82, 2.24) is 10.2 Å². The van der Waals surface area contributed by atoms with E-state index in [4.69, 9.17) is 14.6 Å². The fraction of sp³-hybridized carbons (Fsp3) is 0.533. The van der Waals surface area contributed by atoms with Crippen LogP contribution in [0.15, 0.2) is 48.5 Å². The van der Waals surface area contributed by atoms with E-state index in [9.17, 15) is 19.8 Å². The molecule has 0 aliphatic carbocycles. The van der Waals surface area contributed by atoms with Gasteiger partial charge in [-0.1, -0.05) is 48.5 Å². The summed E-state index contributed by atoms with van der Waals surface area (Å²) in [7, 11) is 0. The molecule has 0 unspecified atom stereocenters. The maximum absolute atomic E-state index is 12.1. The van der Waals surface area contributed by atoms with Gasteiger partial charge in [0, 0.05) is 44.0 Å². The zero-order valence-electron chi connectivity index (χ0n) is 22.3. The first kappa shape index (κ1) is 29.2. The Morgan fingerprint density at radius 3 is 2.31 bits per heavy atom.